The molecule has 0 saturated carbocycles. The summed E-state index contributed by atoms with van der Waals surface area (Å²) in [6.45, 7) is 6.59. The van der Waals surface area contributed by atoms with Crippen molar-refractivity contribution in [2.24, 2.45) is 0 Å². The van der Waals surface area contributed by atoms with Gasteiger partial charge in [-0.3, -0.25) is 4.79 Å². The molecule has 0 unspecified atom stereocenters. The second kappa shape index (κ2) is 9.80. The second-order valence-corrected chi connectivity index (χ2v) is 5.39. The zero-order valence-corrected chi connectivity index (χ0v) is 13.2. The van der Waals surface area contributed by atoms with Crippen molar-refractivity contribution in [3.05, 3.63) is 29.3 Å². The van der Waals surface area contributed by atoms with Gasteiger partial charge in [0.1, 0.15) is 0 Å². The molecule has 0 aliphatic rings. The maximum atomic E-state index is 11.4. The van der Waals surface area contributed by atoms with Crippen molar-refractivity contribution in [3.8, 4) is 0 Å². The number of carbonyl (C=O) groups excluding carboxylic acids is 1. The molecule has 1 aromatic carbocycles. The van der Waals surface area contributed by atoms with Crippen molar-refractivity contribution in [2.75, 3.05) is 32.6 Å². The molecule has 112 valence electrons. The first-order chi connectivity index (χ1) is 9.67. The van der Waals surface area contributed by atoms with Crippen molar-refractivity contribution >= 4 is 17.7 Å². The molecule has 0 bridgehead atoms. The van der Waals surface area contributed by atoms with E-state index in [0.717, 1.165) is 18.0 Å². The number of aryl methyl sites for hydroxylation is 1. The van der Waals surface area contributed by atoms with E-state index < -0.39 is 0 Å². The van der Waals surface area contributed by atoms with Gasteiger partial charge in [0.05, 0.1) is 19.0 Å². The van der Waals surface area contributed by atoms with Gasteiger partial charge in [-0.1, -0.05) is 17.7 Å². The fourth-order valence-corrected chi connectivity index (χ4v) is 2.56. The monoisotopic (exact) mass is 297 g/mol. The van der Waals surface area contributed by atoms with Crippen LogP contribution in [-0.4, -0.2) is 38.6 Å². The lowest BCUT2D eigenvalue weighted by molar-refractivity contribution is -0.139. The van der Waals surface area contributed by atoms with Gasteiger partial charge in [-0.15, -0.1) is 11.8 Å². The van der Waals surface area contributed by atoms with Gasteiger partial charge in [-0.2, -0.15) is 0 Å². The van der Waals surface area contributed by atoms with E-state index in [-0.39, 0.29) is 5.97 Å². The van der Waals surface area contributed by atoms with Crippen LogP contribution in [-0.2, 0) is 20.8 Å². The van der Waals surface area contributed by atoms with E-state index in [1.54, 1.807) is 7.11 Å². The molecule has 4 nitrogen and oxygen atoms in total. The van der Waals surface area contributed by atoms with Gasteiger partial charge < -0.3 is 14.8 Å². The summed E-state index contributed by atoms with van der Waals surface area (Å²) in [5.74, 6) is 0.179. The molecular weight excluding hydrogens is 274 g/mol. The average molecular weight is 297 g/mol. The Kier molecular flexibility index (Phi) is 8.34. The molecule has 0 aromatic heterocycles. The topological polar surface area (TPSA) is 47.6 Å². The van der Waals surface area contributed by atoms with Crippen LogP contribution in [0.1, 0.15) is 18.1 Å². The summed E-state index contributed by atoms with van der Waals surface area (Å²) < 4.78 is 9.96. The number of hydrogen-bond acceptors (Lipinski definition) is 5. The zero-order valence-electron chi connectivity index (χ0n) is 12.4. The normalized spacial score (nSPS) is 10.6. The molecule has 1 N–H and O–H groups in total. The number of carbonyl (C=O) groups is 1. The Morgan fingerprint density at radius 2 is 2.20 bits per heavy atom. The quantitative estimate of drug-likeness (QED) is 0.431. The molecule has 0 radical (unpaired) electrons. The first kappa shape index (κ1) is 17.0. The predicted molar refractivity (Wildman–Crippen MR) is 82.1 cm³/mol. The minimum absolute atomic E-state index is 0.170. The fraction of sp³-hybridized carbons (Fsp3) is 0.533. The summed E-state index contributed by atoms with van der Waals surface area (Å²) in [5, 5.41) is 3.33. The number of hydrogen-bond donors (Lipinski definition) is 1. The van der Waals surface area contributed by atoms with E-state index in [1.165, 1.54) is 22.9 Å². The number of methoxy groups -OCH3 is 1. The van der Waals surface area contributed by atoms with Gasteiger partial charge in [0.15, 0.2) is 0 Å². The Labute approximate surface area is 125 Å². The third-order valence-corrected chi connectivity index (χ3v) is 3.75. The predicted octanol–water partition coefficient (Wildman–Crippen LogP) is 2.39. The van der Waals surface area contributed by atoms with E-state index in [1.807, 2.05) is 6.92 Å². The van der Waals surface area contributed by atoms with Gasteiger partial charge in [-0.05, 0) is 25.5 Å². The lowest BCUT2D eigenvalue weighted by Gasteiger charge is -2.11. The van der Waals surface area contributed by atoms with E-state index >= 15 is 0 Å². The summed E-state index contributed by atoms with van der Waals surface area (Å²) in [5.41, 5.74) is 2.42. The van der Waals surface area contributed by atoms with Gasteiger partial charge in [-0.25, -0.2) is 0 Å². The largest absolute Gasteiger partial charge is 0.465 e. The van der Waals surface area contributed by atoms with Crippen LogP contribution < -0.4 is 5.32 Å². The summed E-state index contributed by atoms with van der Waals surface area (Å²) >= 11 is 1.52. The molecule has 0 atom stereocenters. The Hall–Kier alpha value is -1.04. The average Bonchev–Trinajstić information content (AvgIpc) is 2.43. The number of nitrogens with one attached hydrogen (secondary N) is 1. The summed E-state index contributed by atoms with van der Waals surface area (Å²) in [6.07, 6.45) is 0. The summed E-state index contributed by atoms with van der Waals surface area (Å²) in [4.78, 5) is 12.5. The van der Waals surface area contributed by atoms with Crippen LogP contribution in [0.4, 0.5) is 0 Å². The Morgan fingerprint density at radius 3 is 2.90 bits per heavy atom. The zero-order chi connectivity index (χ0) is 14.8. The molecule has 5 heteroatoms. The highest BCUT2D eigenvalue weighted by Gasteiger charge is 2.07. The first-order valence-electron chi connectivity index (χ1n) is 6.75. The van der Waals surface area contributed by atoms with Crippen LogP contribution in [0.5, 0.6) is 0 Å². The molecule has 0 fully saturated rings. The van der Waals surface area contributed by atoms with E-state index in [4.69, 9.17) is 9.47 Å². The highest BCUT2D eigenvalue weighted by Crippen LogP contribution is 2.24. The molecule has 0 aliphatic carbocycles. The molecule has 0 aliphatic heterocycles. The molecule has 1 rings (SSSR count). The number of benzene rings is 1. The SMILES string of the molecule is CCOC(=O)CSc1ccc(C)cc1CNCCOC. The van der Waals surface area contributed by atoms with Crippen molar-refractivity contribution in [1.82, 2.24) is 5.32 Å². The Morgan fingerprint density at radius 1 is 1.40 bits per heavy atom. The molecule has 0 saturated heterocycles. The summed E-state index contributed by atoms with van der Waals surface area (Å²) in [6, 6.07) is 6.27. The van der Waals surface area contributed by atoms with Crippen molar-refractivity contribution < 1.29 is 14.3 Å². The molecule has 1 aromatic rings. The number of esters is 1. The third-order valence-electron chi connectivity index (χ3n) is 2.67. The van der Waals surface area contributed by atoms with Crippen LogP contribution in [0.25, 0.3) is 0 Å². The lowest BCUT2D eigenvalue weighted by Crippen LogP contribution is -2.19. The highest BCUT2D eigenvalue weighted by molar-refractivity contribution is 8.00. The van der Waals surface area contributed by atoms with E-state index in [0.29, 0.717) is 19.0 Å². The molecule has 0 heterocycles. The molecule has 20 heavy (non-hydrogen) atoms. The molecule has 0 spiro atoms. The Balaban J connectivity index is 2.57. The third kappa shape index (κ3) is 6.41. The van der Waals surface area contributed by atoms with E-state index in [2.05, 4.69) is 30.4 Å². The fourth-order valence-electron chi connectivity index (χ4n) is 1.72. The van der Waals surface area contributed by atoms with Crippen LogP contribution in [0, 0.1) is 6.92 Å². The molecular formula is C15H23NO3S. The van der Waals surface area contributed by atoms with Crippen molar-refractivity contribution in [2.45, 2.75) is 25.3 Å². The maximum absolute atomic E-state index is 11.4. The number of ether oxygens (including phenoxy) is 2. The van der Waals surface area contributed by atoms with Crippen LogP contribution in [0.3, 0.4) is 0 Å². The maximum Gasteiger partial charge on any atom is 0.316 e. The second-order valence-electron chi connectivity index (χ2n) is 4.37. The summed E-state index contributed by atoms with van der Waals surface area (Å²) in [7, 11) is 1.69. The Bertz CT molecular complexity index is 424. The number of rotatable bonds is 9. The van der Waals surface area contributed by atoms with Crippen molar-refractivity contribution in [3.63, 3.8) is 0 Å². The standard InChI is InChI=1S/C15H23NO3S/c1-4-19-15(17)11-20-14-6-5-12(2)9-13(14)10-16-7-8-18-3/h5-6,9,16H,4,7-8,10-11H2,1-3H3. The highest BCUT2D eigenvalue weighted by atomic mass is 32.2. The van der Waals surface area contributed by atoms with Gasteiger partial charge in [0, 0.05) is 25.1 Å². The lowest BCUT2D eigenvalue weighted by atomic mass is 10.1. The van der Waals surface area contributed by atoms with E-state index in [9.17, 15) is 4.79 Å². The van der Waals surface area contributed by atoms with Crippen LogP contribution in [0.2, 0.25) is 0 Å². The minimum atomic E-state index is -0.170. The van der Waals surface area contributed by atoms with Crippen LogP contribution >= 0.6 is 11.8 Å². The van der Waals surface area contributed by atoms with Gasteiger partial charge >= 0.3 is 5.97 Å². The molecule has 0 amide bonds. The number of thioether (sulfide) groups is 1. The van der Waals surface area contributed by atoms with Gasteiger partial charge in [0.25, 0.3) is 0 Å². The first-order valence-corrected chi connectivity index (χ1v) is 7.73. The van der Waals surface area contributed by atoms with Gasteiger partial charge in [0.2, 0.25) is 0 Å². The van der Waals surface area contributed by atoms with Crippen molar-refractivity contribution in [1.29, 1.82) is 0 Å². The smallest absolute Gasteiger partial charge is 0.316 e. The minimum Gasteiger partial charge on any atom is -0.465 e. The van der Waals surface area contributed by atoms with Crippen LogP contribution in [0.15, 0.2) is 23.1 Å².